The van der Waals surface area contributed by atoms with Gasteiger partial charge in [-0.15, -0.1) is 11.3 Å². The Hall–Kier alpha value is -2.67. The van der Waals surface area contributed by atoms with Gasteiger partial charge >= 0.3 is 0 Å². The lowest BCUT2D eigenvalue weighted by atomic mass is 9.99. The van der Waals surface area contributed by atoms with Crippen LogP contribution < -0.4 is 16.5 Å². The van der Waals surface area contributed by atoms with Crippen LogP contribution in [0.25, 0.3) is 11.3 Å². The molecule has 1 aromatic carbocycles. The van der Waals surface area contributed by atoms with E-state index in [2.05, 4.69) is 10.3 Å². The van der Waals surface area contributed by atoms with Crippen LogP contribution in [0.1, 0.15) is 38.5 Å². The number of anilines is 1. The zero-order valence-corrected chi connectivity index (χ0v) is 16.7. The average Bonchev–Trinajstić information content (AvgIpc) is 3.12. The van der Waals surface area contributed by atoms with Gasteiger partial charge in [-0.2, -0.15) is 0 Å². The predicted octanol–water partition coefficient (Wildman–Crippen LogP) is 2.74. The zero-order valence-electron chi connectivity index (χ0n) is 15.9. The van der Waals surface area contributed by atoms with Crippen molar-refractivity contribution in [3.05, 3.63) is 61.7 Å². The van der Waals surface area contributed by atoms with E-state index in [-0.39, 0.29) is 17.1 Å². The molecule has 0 spiro atoms. The third-order valence-electron chi connectivity index (χ3n) is 5.17. The van der Waals surface area contributed by atoms with Gasteiger partial charge < -0.3 is 9.88 Å². The van der Waals surface area contributed by atoms with Gasteiger partial charge in [-0.05, 0) is 55.9 Å². The van der Waals surface area contributed by atoms with E-state index in [1.807, 2.05) is 31.2 Å². The van der Waals surface area contributed by atoms with Crippen molar-refractivity contribution in [3.8, 4) is 11.3 Å². The molecule has 0 unspecified atom stereocenters. The maximum Gasteiger partial charge on any atom is 0.265 e. The molecule has 0 aliphatic heterocycles. The van der Waals surface area contributed by atoms with Crippen LogP contribution in [0.15, 0.2) is 35.3 Å². The number of hydrogen-bond acceptors (Lipinski definition) is 4. The summed E-state index contributed by atoms with van der Waals surface area (Å²) in [6.07, 6.45) is 6.18. The quantitative estimate of drug-likeness (QED) is 0.701. The molecule has 0 fully saturated rings. The summed E-state index contributed by atoms with van der Waals surface area (Å²) in [7, 11) is 7.38. The molecule has 4 rings (SSSR count). The molecule has 1 amide bonds. The first kappa shape index (κ1) is 18.7. The Balaban J connectivity index is 1.64. The van der Waals surface area contributed by atoms with Gasteiger partial charge in [0.1, 0.15) is 7.85 Å². The van der Waals surface area contributed by atoms with Gasteiger partial charge in [-0.1, -0.05) is 12.1 Å². The highest BCUT2D eigenvalue weighted by atomic mass is 32.1. The first-order valence-electron chi connectivity index (χ1n) is 9.30. The van der Waals surface area contributed by atoms with Crippen LogP contribution in [-0.2, 0) is 19.9 Å². The van der Waals surface area contributed by atoms with E-state index in [9.17, 15) is 9.59 Å². The van der Waals surface area contributed by atoms with E-state index in [0.29, 0.717) is 5.69 Å². The summed E-state index contributed by atoms with van der Waals surface area (Å²) in [5, 5.41) is 3.03. The fraction of sp³-hybridized carbons (Fsp3) is 0.286. The molecule has 5 nitrogen and oxygen atoms in total. The fourth-order valence-corrected chi connectivity index (χ4v) is 4.74. The first-order valence-corrected chi connectivity index (χ1v) is 10.1. The Morgan fingerprint density at radius 2 is 2.07 bits per heavy atom. The number of aromatic nitrogens is 2. The van der Waals surface area contributed by atoms with Crippen LogP contribution in [0.3, 0.4) is 0 Å². The molecule has 3 aromatic rings. The zero-order chi connectivity index (χ0) is 19.8. The van der Waals surface area contributed by atoms with Crippen molar-refractivity contribution in [2.24, 2.45) is 7.05 Å². The molecule has 1 aliphatic rings. The lowest BCUT2D eigenvalue weighted by molar-refractivity contribution is 0.103. The van der Waals surface area contributed by atoms with Crippen molar-refractivity contribution in [2.75, 3.05) is 5.32 Å². The molecule has 0 saturated heterocycles. The Morgan fingerprint density at radius 1 is 1.29 bits per heavy atom. The third kappa shape index (κ3) is 3.42. The van der Waals surface area contributed by atoms with Crippen LogP contribution >= 0.6 is 11.3 Å². The summed E-state index contributed by atoms with van der Waals surface area (Å²) in [6, 6.07) is 7.67. The minimum Gasteiger partial charge on any atom is -0.321 e. The van der Waals surface area contributed by atoms with E-state index in [1.54, 1.807) is 24.6 Å². The van der Waals surface area contributed by atoms with Crippen molar-refractivity contribution >= 4 is 36.4 Å². The number of carbonyl (C=O) groups excluding carboxylic acids is 1. The molecular weight excluding hydrogens is 369 g/mol. The fourth-order valence-electron chi connectivity index (χ4n) is 3.59. The van der Waals surface area contributed by atoms with Crippen molar-refractivity contribution in [2.45, 2.75) is 32.6 Å². The standard InChI is InChI=1S/C21H20BN3O2S/c1-12-14(16-11-25(2)21(27)19(22)23-16)7-5-8-15(12)24-20(26)18-10-13-6-3-4-9-17(13)28-18/h5,7-8,10-11H,3-4,6,9H2,1-2H3,(H,24,26). The Bertz CT molecular complexity index is 1080. The molecular formula is C21H20BN3O2S. The number of fused-ring (bicyclic) bond motifs is 1. The Morgan fingerprint density at radius 3 is 2.82 bits per heavy atom. The number of benzene rings is 1. The lowest BCUT2D eigenvalue weighted by Crippen LogP contribution is -2.35. The van der Waals surface area contributed by atoms with Crippen LogP contribution in [0, 0.1) is 6.92 Å². The Labute approximate surface area is 168 Å². The highest BCUT2D eigenvalue weighted by Gasteiger charge is 2.18. The summed E-state index contributed by atoms with van der Waals surface area (Å²) in [5.41, 5.74) is 3.97. The number of thiophene rings is 1. The number of carbonyl (C=O) groups is 1. The summed E-state index contributed by atoms with van der Waals surface area (Å²) in [5.74, 6) is -0.0902. The van der Waals surface area contributed by atoms with E-state index < -0.39 is 0 Å². The summed E-state index contributed by atoms with van der Waals surface area (Å²) < 4.78 is 1.42. The van der Waals surface area contributed by atoms with Crippen LogP contribution in [0.4, 0.5) is 5.69 Å². The highest BCUT2D eigenvalue weighted by Crippen LogP contribution is 2.31. The molecule has 1 aliphatic carbocycles. The molecule has 0 bridgehead atoms. The number of amides is 1. The summed E-state index contributed by atoms with van der Waals surface area (Å²) >= 11 is 1.60. The predicted molar refractivity (Wildman–Crippen MR) is 114 cm³/mol. The van der Waals surface area contributed by atoms with Crippen LogP contribution in [0.2, 0.25) is 0 Å². The van der Waals surface area contributed by atoms with Crippen molar-refractivity contribution < 1.29 is 4.79 Å². The summed E-state index contributed by atoms with van der Waals surface area (Å²) in [4.78, 5) is 30.9. The van der Waals surface area contributed by atoms with Gasteiger partial charge in [0.25, 0.3) is 11.5 Å². The second-order valence-electron chi connectivity index (χ2n) is 7.13. The molecule has 0 atom stereocenters. The first-order chi connectivity index (χ1) is 13.4. The van der Waals surface area contributed by atoms with Gasteiger partial charge in [-0.3, -0.25) is 14.6 Å². The molecule has 2 aromatic heterocycles. The molecule has 2 radical (unpaired) electrons. The lowest BCUT2D eigenvalue weighted by Gasteiger charge is -2.13. The second-order valence-corrected chi connectivity index (χ2v) is 8.26. The second kappa shape index (κ2) is 7.39. The maximum atomic E-state index is 12.8. The van der Waals surface area contributed by atoms with Gasteiger partial charge in [-0.25, -0.2) is 0 Å². The molecule has 28 heavy (non-hydrogen) atoms. The minimum absolute atomic E-state index is 0.0435. The number of hydrogen-bond donors (Lipinski definition) is 1. The molecule has 2 heterocycles. The van der Waals surface area contributed by atoms with Gasteiger partial charge in [0, 0.05) is 29.4 Å². The third-order valence-corrected chi connectivity index (χ3v) is 6.41. The number of nitrogens with zero attached hydrogens (tertiary/aromatic N) is 2. The SMILES string of the molecule is [B]c1nc(-c2cccc(NC(=O)c3cc4c(s3)CCCC4)c2C)cn(C)c1=O. The number of rotatable bonds is 3. The minimum atomic E-state index is -0.326. The molecule has 1 N–H and O–H groups in total. The van der Waals surface area contributed by atoms with Crippen LogP contribution in [0.5, 0.6) is 0 Å². The smallest absolute Gasteiger partial charge is 0.265 e. The topological polar surface area (TPSA) is 64.0 Å². The normalized spacial score (nSPS) is 13.2. The largest absolute Gasteiger partial charge is 0.321 e. The van der Waals surface area contributed by atoms with E-state index in [0.717, 1.165) is 34.5 Å². The number of nitrogens with one attached hydrogen (secondary N) is 1. The average molecular weight is 389 g/mol. The van der Waals surface area contributed by atoms with Crippen LogP contribution in [-0.4, -0.2) is 23.3 Å². The maximum absolute atomic E-state index is 12.8. The van der Waals surface area contributed by atoms with Crippen molar-refractivity contribution in [1.82, 2.24) is 9.55 Å². The monoisotopic (exact) mass is 389 g/mol. The Kier molecular flexibility index (Phi) is 4.93. The van der Waals surface area contributed by atoms with Crippen molar-refractivity contribution in [1.29, 1.82) is 0 Å². The van der Waals surface area contributed by atoms with Crippen molar-refractivity contribution in [3.63, 3.8) is 0 Å². The molecule has 0 saturated carbocycles. The van der Waals surface area contributed by atoms with E-state index >= 15 is 0 Å². The van der Waals surface area contributed by atoms with Gasteiger partial charge in [0.2, 0.25) is 0 Å². The van der Waals surface area contributed by atoms with E-state index in [4.69, 9.17) is 7.85 Å². The summed E-state index contributed by atoms with van der Waals surface area (Å²) in [6.45, 7) is 1.92. The van der Waals surface area contributed by atoms with E-state index in [1.165, 1.54) is 27.8 Å². The highest BCUT2D eigenvalue weighted by molar-refractivity contribution is 7.14. The van der Waals surface area contributed by atoms with Gasteiger partial charge in [0.05, 0.1) is 16.2 Å². The number of aryl methyl sites for hydroxylation is 3. The molecule has 140 valence electrons. The molecule has 7 heteroatoms. The van der Waals surface area contributed by atoms with Gasteiger partial charge in [0.15, 0.2) is 0 Å².